The highest BCUT2D eigenvalue weighted by Crippen LogP contribution is 2.51. The lowest BCUT2D eigenvalue weighted by Crippen LogP contribution is -2.26. The molecule has 1 atom stereocenters. The highest BCUT2D eigenvalue weighted by Gasteiger charge is 2.42. The summed E-state index contributed by atoms with van der Waals surface area (Å²) in [5, 5.41) is 0.927. The normalized spacial score (nSPS) is 18.9. The smallest absolute Gasteiger partial charge is 0.169 e. The van der Waals surface area contributed by atoms with Crippen LogP contribution in [-0.4, -0.2) is 20.6 Å². The van der Waals surface area contributed by atoms with E-state index >= 15 is 0 Å². The fraction of sp³-hybridized carbons (Fsp3) is 0.375. The predicted molar refractivity (Wildman–Crippen MR) is 83.5 cm³/mol. The van der Waals surface area contributed by atoms with E-state index < -0.39 is 0 Å². The third kappa shape index (κ3) is 2.40. The molecule has 0 aliphatic carbocycles. The number of benzene rings is 1. The van der Waals surface area contributed by atoms with Crippen LogP contribution >= 0.6 is 11.8 Å². The van der Waals surface area contributed by atoms with Gasteiger partial charge in [-0.3, -0.25) is 4.79 Å². The molecule has 3 nitrogen and oxygen atoms in total. The first kappa shape index (κ1) is 14.9. The van der Waals surface area contributed by atoms with Crippen molar-refractivity contribution in [3.8, 4) is 0 Å². The quantitative estimate of drug-likeness (QED) is 0.777. The highest BCUT2D eigenvalue weighted by molar-refractivity contribution is 8.00. The predicted octanol–water partition coefficient (Wildman–Crippen LogP) is 4.20. The van der Waals surface area contributed by atoms with Crippen molar-refractivity contribution in [3.63, 3.8) is 0 Å². The second-order valence-corrected chi connectivity index (χ2v) is 6.59. The first-order chi connectivity index (χ1) is 9.63. The molecule has 1 aromatic carbocycles. The van der Waals surface area contributed by atoms with Gasteiger partial charge in [0.2, 0.25) is 0 Å². The molecular formula is C16H20N2OS. The molecule has 1 aliphatic heterocycles. The number of aldehydes is 1. The number of nitrogens with zero attached hydrogens (tertiary/aromatic N) is 2. The van der Waals surface area contributed by atoms with E-state index in [4.69, 9.17) is 0 Å². The van der Waals surface area contributed by atoms with E-state index in [2.05, 4.69) is 31.0 Å². The summed E-state index contributed by atoms with van der Waals surface area (Å²) in [6.45, 7) is 8.39. The zero-order valence-corrected chi connectivity index (χ0v) is 13.1. The molecule has 2 heterocycles. The molecule has 3 rings (SSSR count). The Morgan fingerprint density at radius 1 is 1.25 bits per heavy atom. The Morgan fingerprint density at radius 2 is 1.90 bits per heavy atom. The van der Waals surface area contributed by atoms with E-state index in [1.54, 1.807) is 18.0 Å². The van der Waals surface area contributed by atoms with Crippen molar-refractivity contribution in [2.75, 3.05) is 0 Å². The molecule has 1 aliphatic rings. The summed E-state index contributed by atoms with van der Waals surface area (Å²) < 4.78 is 2.05. The second-order valence-electron chi connectivity index (χ2n) is 4.97. The first-order valence-electron chi connectivity index (χ1n) is 6.90. The third-order valence-corrected chi connectivity index (χ3v) is 4.53. The monoisotopic (exact) mass is 288 g/mol. The number of carbonyl (C=O) groups is 1. The largest absolute Gasteiger partial charge is 0.308 e. The van der Waals surface area contributed by atoms with Crippen molar-refractivity contribution in [1.29, 1.82) is 0 Å². The molecule has 4 heteroatoms. The molecule has 106 valence electrons. The van der Waals surface area contributed by atoms with E-state index in [0.717, 1.165) is 11.4 Å². The summed E-state index contributed by atoms with van der Waals surface area (Å²) in [7, 11) is 0. The van der Waals surface area contributed by atoms with Gasteiger partial charge < -0.3 is 4.57 Å². The molecular weight excluding hydrogens is 268 g/mol. The van der Waals surface area contributed by atoms with Gasteiger partial charge in [-0.05, 0) is 19.4 Å². The van der Waals surface area contributed by atoms with Gasteiger partial charge in [0.25, 0.3) is 0 Å². The van der Waals surface area contributed by atoms with Crippen LogP contribution in [-0.2, 0) is 0 Å². The summed E-state index contributed by atoms with van der Waals surface area (Å²) in [5.41, 5.74) is 1.87. The highest BCUT2D eigenvalue weighted by atomic mass is 32.2. The molecule has 0 amide bonds. The summed E-state index contributed by atoms with van der Waals surface area (Å²) in [4.78, 5) is 15.5. The number of carbonyl (C=O) groups excluding carboxylic acids is 1. The maximum absolute atomic E-state index is 11.1. The molecule has 0 N–H and O–H groups in total. The minimum atomic E-state index is 0.00269. The molecule has 1 aromatic heterocycles. The Balaban J connectivity index is 0.000000704. The molecule has 0 saturated carbocycles. The van der Waals surface area contributed by atoms with E-state index in [9.17, 15) is 4.79 Å². The van der Waals surface area contributed by atoms with E-state index in [0.29, 0.717) is 5.69 Å². The number of hydrogen-bond donors (Lipinski definition) is 0. The molecule has 0 fully saturated rings. The zero-order chi connectivity index (χ0) is 14.8. The Morgan fingerprint density at radius 3 is 2.50 bits per heavy atom. The van der Waals surface area contributed by atoms with E-state index in [1.807, 2.05) is 36.6 Å². The Bertz CT molecular complexity index is 590. The number of imidazole rings is 1. The van der Waals surface area contributed by atoms with Gasteiger partial charge in [-0.25, -0.2) is 4.98 Å². The Labute approximate surface area is 124 Å². The third-order valence-electron chi connectivity index (χ3n) is 3.30. The van der Waals surface area contributed by atoms with Gasteiger partial charge in [0.15, 0.2) is 11.4 Å². The fourth-order valence-electron chi connectivity index (χ4n) is 2.57. The molecule has 2 aromatic rings. The van der Waals surface area contributed by atoms with Crippen molar-refractivity contribution in [3.05, 3.63) is 47.8 Å². The fourth-order valence-corrected chi connectivity index (χ4v) is 3.80. The topological polar surface area (TPSA) is 34.9 Å². The maximum Gasteiger partial charge on any atom is 0.169 e. The van der Waals surface area contributed by atoms with Gasteiger partial charge in [-0.2, -0.15) is 0 Å². The zero-order valence-electron chi connectivity index (χ0n) is 12.3. The maximum atomic E-state index is 11.1. The van der Waals surface area contributed by atoms with Gasteiger partial charge in [-0.15, -0.1) is 0 Å². The number of hydrogen-bond acceptors (Lipinski definition) is 3. The number of rotatable bonds is 2. The average molecular weight is 288 g/mol. The van der Waals surface area contributed by atoms with Gasteiger partial charge >= 0.3 is 0 Å². The first-order valence-corrected chi connectivity index (χ1v) is 7.71. The summed E-state index contributed by atoms with van der Waals surface area (Å²) >= 11 is 1.73. The van der Waals surface area contributed by atoms with Crippen LogP contribution in [0.1, 0.15) is 49.8 Å². The lowest BCUT2D eigenvalue weighted by molar-refractivity contribution is 0.111. The van der Waals surface area contributed by atoms with Crippen molar-refractivity contribution in [1.82, 2.24) is 9.55 Å². The van der Waals surface area contributed by atoms with Crippen LogP contribution in [0.4, 0.5) is 0 Å². The summed E-state index contributed by atoms with van der Waals surface area (Å²) in [6.07, 6.45) is 2.54. The van der Waals surface area contributed by atoms with Crippen LogP contribution in [0.2, 0.25) is 0 Å². The number of fused-ring (bicyclic) bond motifs is 1. The minimum absolute atomic E-state index is 0.00269. The van der Waals surface area contributed by atoms with Crippen LogP contribution in [0.3, 0.4) is 0 Å². The standard InChI is InChI=1S/C14H14N2OS.C2H6/c1-14(2)12(10-6-4-3-5-7-10)16-11(9-17)8-15-13(16)18-14;1-2/h3-9,12H,1-2H3;1-2H3. The molecule has 1 unspecified atom stereocenters. The molecule has 0 spiro atoms. The van der Waals surface area contributed by atoms with Crippen LogP contribution in [0.15, 0.2) is 41.7 Å². The van der Waals surface area contributed by atoms with E-state index in [-0.39, 0.29) is 10.8 Å². The molecule has 20 heavy (non-hydrogen) atoms. The van der Waals surface area contributed by atoms with Crippen LogP contribution in [0.25, 0.3) is 0 Å². The lowest BCUT2D eigenvalue weighted by atomic mass is 9.95. The Kier molecular flexibility index (Phi) is 4.33. The van der Waals surface area contributed by atoms with Gasteiger partial charge in [-0.1, -0.05) is 55.9 Å². The van der Waals surface area contributed by atoms with Crippen LogP contribution < -0.4 is 0 Å². The second kappa shape index (κ2) is 5.83. The van der Waals surface area contributed by atoms with Crippen molar-refractivity contribution >= 4 is 18.0 Å². The minimum Gasteiger partial charge on any atom is -0.308 e. The number of thioether (sulfide) groups is 1. The van der Waals surface area contributed by atoms with Gasteiger partial charge in [0.1, 0.15) is 5.69 Å². The van der Waals surface area contributed by atoms with Crippen LogP contribution in [0.5, 0.6) is 0 Å². The van der Waals surface area contributed by atoms with Crippen LogP contribution in [0, 0.1) is 0 Å². The summed E-state index contributed by atoms with van der Waals surface area (Å²) in [5.74, 6) is 0. The van der Waals surface area contributed by atoms with Crippen molar-refractivity contribution in [2.24, 2.45) is 0 Å². The SMILES string of the molecule is CC.CC1(C)Sc2ncc(C=O)n2C1c1ccccc1. The van der Waals surface area contributed by atoms with Crippen molar-refractivity contribution < 1.29 is 4.79 Å². The van der Waals surface area contributed by atoms with Crippen molar-refractivity contribution in [2.45, 2.75) is 43.6 Å². The van der Waals surface area contributed by atoms with E-state index in [1.165, 1.54) is 5.56 Å². The summed E-state index contributed by atoms with van der Waals surface area (Å²) in [6, 6.07) is 10.4. The molecule has 0 saturated heterocycles. The van der Waals surface area contributed by atoms with Gasteiger partial charge in [0.05, 0.1) is 12.2 Å². The Hall–Kier alpha value is -1.55. The average Bonchev–Trinajstić information content (AvgIpc) is 2.95. The lowest BCUT2D eigenvalue weighted by Gasteiger charge is -2.27. The van der Waals surface area contributed by atoms with Gasteiger partial charge in [0, 0.05) is 4.75 Å². The molecule has 0 bridgehead atoms. The number of aromatic nitrogens is 2. The molecule has 0 radical (unpaired) electrons.